The number of hydrogen-bond acceptors (Lipinski definition) is 5. The van der Waals surface area contributed by atoms with E-state index in [0.717, 1.165) is 11.3 Å². The molecule has 7 nitrogen and oxygen atoms in total. The van der Waals surface area contributed by atoms with E-state index >= 15 is 0 Å². The standard InChI is InChI=1S/C13H16N4O3/c1-17(2)13(18)14-8-11-15-16-12(20-11)9-4-6-10(19-3)7-5-9/h4-7H,8H2,1-3H3,(H,14,18). The highest BCUT2D eigenvalue weighted by Crippen LogP contribution is 2.20. The van der Waals surface area contributed by atoms with Crippen LogP contribution in [0.15, 0.2) is 28.7 Å². The van der Waals surface area contributed by atoms with Gasteiger partial charge in [0.1, 0.15) is 5.75 Å². The molecule has 106 valence electrons. The van der Waals surface area contributed by atoms with E-state index in [1.54, 1.807) is 21.2 Å². The van der Waals surface area contributed by atoms with Crippen LogP contribution < -0.4 is 10.1 Å². The minimum atomic E-state index is -0.214. The zero-order chi connectivity index (χ0) is 14.5. The molecule has 0 aliphatic heterocycles. The predicted octanol–water partition coefficient (Wildman–Crippen LogP) is 1.52. The molecule has 0 aliphatic rings. The molecule has 1 aromatic heterocycles. The van der Waals surface area contributed by atoms with Gasteiger partial charge in [0, 0.05) is 19.7 Å². The summed E-state index contributed by atoms with van der Waals surface area (Å²) in [5.74, 6) is 1.51. The number of nitrogens with zero attached hydrogens (tertiary/aromatic N) is 3. The van der Waals surface area contributed by atoms with Gasteiger partial charge in [0.25, 0.3) is 0 Å². The predicted molar refractivity (Wildman–Crippen MR) is 72.2 cm³/mol. The van der Waals surface area contributed by atoms with E-state index in [2.05, 4.69) is 15.5 Å². The Bertz CT molecular complexity index is 578. The summed E-state index contributed by atoms with van der Waals surface area (Å²) in [7, 11) is 4.92. The number of benzene rings is 1. The molecule has 0 bridgehead atoms. The Morgan fingerprint density at radius 3 is 2.60 bits per heavy atom. The van der Waals surface area contributed by atoms with E-state index < -0.39 is 0 Å². The second kappa shape index (κ2) is 6.05. The first-order chi connectivity index (χ1) is 9.60. The Morgan fingerprint density at radius 1 is 1.30 bits per heavy atom. The molecule has 0 saturated carbocycles. The highest BCUT2D eigenvalue weighted by Gasteiger charge is 2.10. The molecule has 0 aliphatic carbocycles. The maximum absolute atomic E-state index is 11.4. The van der Waals surface area contributed by atoms with Gasteiger partial charge in [-0.2, -0.15) is 0 Å². The molecular formula is C13H16N4O3. The summed E-state index contributed by atoms with van der Waals surface area (Å²) in [6, 6.07) is 7.07. The molecule has 0 atom stereocenters. The first-order valence-electron chi connectivity index (χ1n) is 6.02. The summed E-state index contributed by atoms with van der Waals surface area (Å²) >= 11 is 0. The molecule has 2 rings (SSSR count). The summed E-state index contributed by atoms with van der Waals surface area (Å²) < 4.78 is 10.6. The Kier molecular flexibility index (Phi) is 4.19. The zero-order valence-electron chi connectivity index (χ0n) is 11.6. The lowest BCUT2D eigenvalue weighted by Crippen LogP contribution is -2.34. The van der Waals surface area contributed by atoms with Crippen LogP contribution in [0.2, 0.25) is 0 Å². The molecule has 1 N–H and O–H groups in total. The smallest absolute Gasteiger partial charge is 0.317 e. The zero-order valence-corrected chi connectivity index (χ0v) is 11.6. The summed E-state index contributed by atoms with van der Waals surface area (Å²) in [5.41, 5.74) is 0.795. The lowest BCUT2D eigenvalue weighted by Gasteiger charge is -2.09. The molecule has 0 saturated heterocycles. The minimum Gasteiger partial charge on any atom is -0.497 e. The fourth-order valence-electron chi connectivity index (χ4n) is 1.48. The highest BCUT2D eigenvalue weighted by molar-refractivity contribution is 5.73. The van der Waals surface area contributed by atoms with Gasteiger partial charge in [-0.15, -0.1) is 10.2 Å². The van der Waals surface area contributed by atoms with E-state index in [1.807, 2.05) is 24.3 Å². The van der Waals surface area contributed by atoms with Crippen molar-refractivity contribution in [1.29, 1.82) is 0 Å². The number of ether oxygens (including phenoxy) is 1. The van der Waals surface area contributed by atoms with Crippen molar-refractivity contribution in [2.45, 2.75) is 6.54 Å². The largest absolute Gasteiger partial charge is 0.497 e. The second-order valence-corrected chi connectivity index (χ2v) is 4.28. The number of amides is 2. The van der Waals surface area contributed by atoms with Crippen molar-refractivity contribution in [1.82, 2.24) is 20.4 Å². The molecule has 0 unspecified atom stereocenters. The van der Waals surface area contributed by atoms with Crippen LogP contribution in [0.5, 0.6) is 5.75 Å². The van der Waals surface area contributed by atoms with Gasteiger partial charge in [-0.05, 0) is 24.3 Å². The van der Waals surface area contributed by atoms with Crippen LogP contribution in [0.1, 0.15) is 5.89 Å². The van der Waals surface area contributed by atoms with Crippen molar-refractivity contribution in [2.75, 3.05) is 21.2 Å². The number of nitrogens with one attached hydrogen (secondary N) is 1. The quantitative estimate of drug-likeness (QED) is 0.915. The van der Waals surface area contributed by atoms with Crippen LogP contribution in [0, 0.1) is 0 Å². The molecule has 1 aromatic carbocycles. The Hall–Kier alpha value is -2.57. The van der Waals surface area contributed by atoms with Crippen molar-refractivity contribution in [3.8, 4) is 17.2 Å². The average Bonchev–Trinajstić information content (AvgIpc) is 2.93. The maximum atomic E-state index is 11.4. The van der Waals surface area contributed by atoms with Crippen LogP contribution in [0.25, 0.3) is 11.5 Å². The summed E-state index contributed by atoms with van der Waals surface area (Å²) in [4.78, 5) is 12.8. The molecule has 1 heterocycles. The third kappa shape index (κ3) is 3.25. The van der Waals surface area contributed by atoms with Crippen LogP contribution in [-0.2, 0) is 6.54 Å². The molecule has 0 fully saturated rings. The average molecular weight is 276 g/mol. The van der Waals surface area contributed by atoms with Gasteiger partial charge in [-0.1, -0.05) is 0 Å². The fourth-order valence-corrected chi connectivity index (χ4v) is 1.48. The van der Waals surface area contributed by atoms with Gasteiger partial charge in [0.15, 0.2) is 0 Å². The third-order valence-corrected chi connectivity index (χ3v) is 2.60. The monoisotopic (exact) mass is 276 g/mol. The molecule has 7 heteroatoms. The lowest BCUT2D eigenvalue weighted by molar-refractivity contribution is 0.216. The second-order valence-electron chi connectivity index (χ2n) is 4.28. The van der Waals surface area contributed by atoms with Gasteiger partial charge in [0.2, 0.25) is 11.8 Å². The topological polar surface area (TPSA) is 80.5 Å². The first kappa shape index (κ1) is 13.9. The number of urea groups is 1. The number of carbonyl (C=O) groups is 1. The van der Waals surface area contributed by atoms with Gasteiger partial charge in [-0.25, -0.2) is 4.79 Å². The summed E-state index contributed by atoms with van der Waals surface area (Å²) in [6.07, 6.45) is 0. The van der Waals surface area contributed by atoms with Crippen LogP contribution in [0.3, 0.4) is 0 Å². The Labute approximate surface area is 116 Å². The molecule has 2 amide bonds. The number of methoxy groups -OCH3 is 1. The highest BCUT2D eigenvalue weighted by atomic mass is 16.5. The van der Waals surface area contributed by atoms with Crippen molar-refractivity contribution < 1.29 is 13.9 Å². The van der Waals surface area contributed by atoms with Crippen molar-refractivity contribution in [3.05, 3.63) is 30.2 Å². The van der Waals surface area contributed by atoms with Gasteiger partial charge in [-0.3, -0.25) is 0 Å². The first-order valence-corrected chi connectivity index (χ1v) is 6.02. The van der Waals surface area contributed by atoms with Crippen molar-refractivity contribution >= 4 is 6.03 Å². The minimum absolute atomic E-state index is 0.195. The van der Waals surface area contributed by atoms with E-state index in [1.165, 1.54) is 4.90 Å². The van der Waals surface area contributed by atoms with Crippen LogP contribution in [-0.4, -0.2) is 42.3 Å². The molecule has 0 spiro atoms. The molecule has 20 heavy (non-hydrogen) atoms. The Morgan fingerprint density at radius 2 is 2.00 bits per heavy atom. The number of hydrogen-bond donors (Lipinski definition) is 1. The maximum Gasteiger partial charge on any atom is 0.317 e. The van der Waals surface area contributed by atoms with Crippen molar-refractivity contribution in [3.63, 3.8) is 0 Å². The third-order valence-electron chi connectivity index (χ3n) is 2.60. The van der Waals surface area contributed by atoms with Crippen molar-refractivity contribution in [2.24, 2.45) is 0 Å². The van der Waals surface area contributed by atoms with Gasteiger partial charge >= 0.3 is 6.03 Å². The normalized spacial score (nSPS) is 10.2. The van der Waals surface area contributed by atoms with E-state index in [9.17, 15) is 4.79 Å². The summed E-state index contributed by atoms with van der Waals surface area (Å²) in [6.45, 7) is 0.195. The number of rotatable bonds is 4. The van der Waals surface area contributed by atoms with Gasteiger partial charge < -0.3 is 19.4 Å². The fraction of sp³-hybridized carbons (Fsp3) is 0.308. The molecule has 0 radical (unpaired) electrons. The SMILES string of the molecule is COc1ccc(-c2nnc(CNC(=O)N(C)C)o2)cc1. The van der Waals surface area contributed by atoms with Crippen LogP contribution >= 0.6 is 0 Å². The number of carbonyl (C=O) groups excluding carboxylic acids is 1. The Balaban J connectivity index is 2.02. The van der Waals surface area contributed by atoms with Crippen LogP contribution in [0.4, 0.5) is 4.79 Å². The van der Waals surface area contributed by atoms with Gasteiger partial charge in [0.05, 0.1) is 13.7 Å². The molecular weight excluding hydrogens is 260 g/mol. The molecule has 2 aromatic rings. The summed E-state index contributed by atoms with van der Waals surface area (Å²) in [5, 5.41) is 10.5. The van der Waals surface area contributed by atoms with E-state index in [-0.39, 0.29) is 12.6 Å². The van der Waals surface area contributed by atoms with E-state index in [0.29, 0.717) is 11.8 Å². The lowest BCUT2D eigenvalue weighted by atomic mass is 10.2. The number of aromatic nitrogens is 2. The van der Waals surface area contributed by atoms with E-state index in [4.69, 9.17) is 9.15 Å².